The first-order valence-corrected chi connectivity index (χ1v) is 11.9. The Kier molecular flexibility index (Phi) is 6.71. The van der Waals surface area contributed by atoms with Gasteiger partial charge in [0.15, 0.2) is 5.82 Å². The lowest BCUT2D eigenvalue weighted by Gasteiger charge is -2.11. The molecule has 0 aliphatic heterocycles. The highest BCUT2D eigenvalue weighted by atomic mass is 32.2. The number of amides is 1. The van der Waals surface area contributed by atoms with Gasteiger partial charge in [0.1, 0.15) is 5.75 Å². The van der Waals surface area contributed by atoms with Gasteiger partial charge in [0.25, 0.3) is 5.91 Å². The second-order valence-electron chi connectivity index (χ2n) is 7.45. The normalized spacial score (nSPS) is 11.2. The Morgan fingerprint density at radius 1 is 1.03 bits per heavy atom. The summed E-state index contributed by atoms with van der Waals surface area (Å²) in [6.07, 6.45) is 0. The van der Waals surface area contributed by atoms with Crippen LogP contribution >= 0.6 is 0 Å². The maximum Gasteiger partial charge on any atom is 0.258 e. The third-order valence-electron chi connectivity index (χ3n) is 5.12. The molecule has 0 aliphatic rings. The molecule has 0 fully saturated rings. The van der Waals surface area contributed by atoms with E-state index in [1.165, 1.54) is 6.07 Å². The Morgan fingerprint density at radius 2 is 1.76 bits per heavy atom. The van der Waals surface area contributed by atoms with Crippen LogP contribution in [0.4, 0.5) is 5.95 Å². The van der Waals surface area contributed by atoms with Crippen molar-refractivity contribution in [2.75, 3.05) is 12.4 Å². The zero-order valence-corrected chi connectivity index (χ0v) is 19.4. The lowest BCUT2D eigenvalue weighted by molar-refractivity contribution is 0.102. The molecule has 3 N–H and O–H groups in total. The van der Waals surface area contributed by atoms with Gasteiger partial charge in [-0.2, -0.15) is 4.98 Å². The number of sulfonamides is 1. The second-order valence-corrected chi connectivity index (χ2v) is 9.19. The molecule has 0 aliphatic carbocycles. The fourth-order valence-electron chi connectivity index (χ4n) is 3.33. The van der Waals surface area contributed by atoms with E-state index < -0.39 is 15.9 Å². The first-order chi connectivity index (χ1) is 16.4. The molecule has 4 rings (SSSR count). The lowest BCUT2D eigenvalue weighted by Crippen LogP contribution is -2.24. The van der Waals surface area contributed by atoms with Crippen molar-refractivity contribution in [1.29, 1.82) is 0 Å². The van der Waals surface area contributed by atoms with E-state index in [1.807, 2.05) is 48.5 Å². The molecule has 1 heterocycles. The number of aromatic nitrogens is 3. The number of carbonyl (C=O) groups excluding carboxylic acids is 1. The number of ether oxygens (including phenoxy) is 1. The molecule has 0 bridgehead atoms. The van der Waals surface area contributed by atoms with E-state index in [1.54, 1.807) is 32.2 Å². The summed E-state index contributed by atoms with van der Waals surface area (Å²) in [5.41, 5.74) is 2.20. The SMILES string of the molecule is COc1ccccc1-c1nc(NC(=O)c2ccc(C)c(S(=O)(=O)NCc3ccccc3)c2)n[nH]1. The number of carbonyl (C=O) groups is 1. The summed E-state index contributed by atoms with van der Waals surface area (Å²) in [5, 5.41) is 9.39. The number of hydrogen-bond donors (Lipinski definition) is 3. The van der Waals surface area contributed by atoms with Crippen LogP contribution in [-0.2, 0) is 16.6 Å². The molecule has 174 valence electrons. The van der Waals surface area contributed by atoms with Gasteiger partial charge in [0, 0.05) is 12.1 Å². The number of anilines is 1. The van der Waals surface area contributed by atoms with E-state index >= 15 is 0 Å². The highest BCUT2D eigenvalue weighted by Crippen LogP contribution is 2.27. The fraction of sp³-hybridized carbons (Fsp3) is 0.125. The largest absolute Gasteiger partial charge is 0.496 e. The molecule has 0 atom stereocenters. The van der Waals surface area contributed by atoms with Crippen molar-refractivity contribution in [1.82, 2.24) is 19.9 Å². The van der Waals surface area contributed by atoms with Gasteiger partial charge in [0.05, 0.1) is 17.6 Å². The molecule has 10 heteroatoms. The van der Waals surface area contributed by atoms with E-state index in [4.69, 9.17) is 4.74 Å². The van der Waals surface area contributed by atoms with Crippen LogP contribution in [0.5, 0.6) is 5.75 Å². The van der Waals surface area contributed by atoms with Crippen LogP contribution in [0.3, 0.4) is 0 Å². The number of hydrogen-bond acceptors (Lipinski definition) is 6. The van der Waals surface area contributed by atoms with Crippen molar-refractivity contribution < 1.29 is 17.9 Å². The van der Waals surface area contributed by atoms with E-state index in [-0.39, 0.29) is 23.0 Å². The molecule has 0 saturated heterocycles. The van der Waals surface area contributed by atoms with Crippen LogP contribution < -0.4 is 14.8 Å². The molecule has 0 unspecified atom stereocenters. The Morgan fingerprint density at radius 3 is 2.53 bits per heavy atom. The summed E-state index contributed by atoms with van der Waals surface area (Å²) in [6, 6.07) is 20.9. The molecular weight excluding hydrogens is 454 g/mol. The summed E-state index contributed by atoms with van der Waals surface area (Å²) in [4.78, 5) is 17.1. The molecule has 1 amide bonds. The standard InChI is InChI=1S/C24H23N5O4S/c1-16-12-13-18(14-21(16)34(31,32)25-15-17-8-4-3-5-9-17)23(30)27-24-26-22(28-29-24)19-10-6-7-11-20(19)33-2/h3-14,25H,15H2,1-2H3,(H2,26,27,28,29,30). The zero-order valence-electron chi connectivity index (χ0n) is 18.6. The molecule has 0 radical (unpaired) electrons. The number of nitrogens with one attached hydrogen (secondary N) is 3. The van der Waals surface area contributed by atoms with Crippen molar-refractivity contribution in [3.8, 4) is 17.1 Å². The van der Waals surface area contributed by atoms with Gasteiger partial charge in [0.2, 0.25) is 16.0 Å². The van der Waals surface area contributed by atoms with Gasteiger partial charge in [-0.25, -0.2) is 13.1 Å². The molecule has 4 aromatic rings. The number of methoxy groups -OCH3 is 1. The van der Waals surface area contributed by atoms with Crippen LogP contribution in [0.2, 0.25) is 0 Å². The van der Waals surface area contributed by atoms with Crippen molar-refractivity contribution >= 4 is 21.9 Å². The Bertz CT molecular complexity index is 1420. The van der Waals surface area contributed by atoms with E-state index in [9.17, 15) is 13.2 Å². The Balaban J connectivity index is 1.51. The van der Waals surface area contributed by atoms with Crippen molar-refractivity contribution in [3.63, 3.8) is 0 Å². The number of aryl methyl sites for hydroxylation is 1. The van der Waals surface area contributed by atoms with Crippen molar-refractivity contribution in [2.24, 2.45) is 0 Å². The van der Waals surface area contributed by atoms with Crippen LogP contribution in [0.15, 0.2) is 77.7 Å². The van der Waals surface area contributed by atoms with Gasteiger partial charge in [-0.1, -0.05) is 48.5 Å². The van der Waals surface area contributed by atoms with Crippen LogP contribution in [0, 0.1) is 6.92 Å². The molecule has 3 aromatic carbocycles. The van der Waals surface area contributed by atoms with Gasteiger partial charge >= 0.3 is 0 Å². The second kappa shape index (κ2) is 9.86. The third-order valence-corrected chi connectivity index (χ3v) is 6.67. The maximum absolute atomic E-state index is 12.9. The number of aromatic amines is 1. The van der Waals surface area contributed by atoms with Gasteiger partial charge in [-0.15, -0.1) is 5.10 Å². The first-order valence-electron chi connectivity index (χ1n) is 10.4. The smallest absolute Gasteiger partial charge is 0.258 e. The van der Waals surface area contributed by atoms with Gasteiger partial charge in [-0.05, 0) is 42.3 Å². The van der Waals surface area contributed by atoms with Gasteiger partial charge in [-0.3, -0.25) is 15.2 Å². The summed E-state index contributed by atoms with van der Waals surface area (Å²) in [7, 11) is -2.29. The van der Waals surface area contributed by atoms with E-state index in [0.29, 0.717) is 22.7 Å². The van der Waals surface area contributed by atoms with Crippen LogP contribution in [0.1, 0.15) is 21.5 Å². The van der Waals surface area contributed by atoms with Crippen LogP contribution in [-0.4, -0.2) is 36.6 Å². The highest BCUT2D eigenvalue weighted by molar-refractivity contribution is 7.89. The Hall–Kier alpha value is -4.02. The van der Waals surface area contributed by atoms with E-state index in [0.717, 1.165) is 5.56 Å². The number of nitrogens with zero attached hydrogens (tertiary/aromatic N) is 2. The molecule has 0 saturated carbocycles. The molecular formula is C24H23N5O4S. The quantitative estimate of drug-likeness (QED) is 0.356. The summed E-state index contributed by atoms with van der Waals surface area (Å²) < 4.78 is 33.7. The van der Waals surface area contributed by atoms with Crippen molar-refractivity contribution in [3.05, 3.63) is 89.5 Å². The first kappa shape index (κ1) is 23.1. The monoisotopic (exact) mass is 477 g/mol. The number of benzene rings is 3. The van der Waals surface area contributed by atoms with Gasteiger partial charge < -0.3 is 4.74 Å². The average Bonchev–Trinajstić information content (AvgIpc) is 3.31. The predicted molar refractivity (Wildman–Crippen MR) is 128 cm³/mol. The average molecular weight is 478 g/mol. The minimum absolute atomic E-state index is 0.0285. The lowest BCUT2D eigenvalue weighted by atomic mass is 10.1. The summed E-state index contributed by atoms with van der Waals surface area (Å²) in [5.74, 6) is 0.543. The predicted octanol–water partition coefficient (Wildman–Crippen LogP) is 3.52. The fourth-order valence-corrected chi connectivity index (χ4v) is 4.62. The molecule has 0 spiro atoms. The zero-order chi connectivity index (χ0) is 24.1. The number of rotatable bonds is 8. The number of para-hydroxylation sites is 1. The molecule has 9 nitrogen and oxygen atoms in total. The molecule has 34 heavy (non-hydrogen) atoms. The number of H-pyrrole nitrogens is 1. The Labute approximate surface area is 197 Å². The molecule has 1 aromatic heterocycles. The summed E-state index contributed by atoms with van der Waals surface area (Å²) in [6.45, 7) is 1.81. The highest BCUT2D eigenvalue weighted by Gasteiger charge is 2.20. The minimum atomic E-state index is -3.84. The third kappa shape index (κ3) is 5.13. The van der Waals surface area contributed by atoms with E-state index in [2.05, 4.69) is 25.2 Å². The van der Waals surface area contributed by atoms with Crippen molar-refractivity contribution in [2.45, 2.75) is 18.4 Å². The van der Waals surface area contributed by atoms with Crippen LogP contribution in [0.25, 0.3) is 11.4 Å². The topological polar surface area (TPSA) is 126 Å². The minimum Gasteiger partial charge on any atom is -0.496 e. The summed E-state index contributed by atoms with van der Waals surface area (Å²) >= 11 is 0. The maximum atomic E-state index is 12.9.